The first-order valence-corrected chi connectivity index (χ1v) is 5.55. The van der Waals surface area contributed by atoms with Gasteiger partial charge in [0.15, 0.2) is 0 Å². The highest BCUT2D eigenvalue weighted by Crippen LogP contribution is 2.48. The molecule has 0 heterocycles. The van der Waals surface area contributed by atoms with Crippen LogP contribution in [0, 0.1) is 17.3 Å². The zero-order valence-corrected chi connectivity index (χ0v) is 9.19. The lowest BCUT2D eigenvalue weighted by atomic mass is 9.60. The lowest BCUT2D eigenvalue weighted by molar-refractivity contribution is 0.0488. The average molecular weight is 168 g/mol. The van der Waals surface area contributed by atoms with Crippen molar-refractivity contribution >= 4 is 0 Å². The number of hydrogen-bond donors (Lipinski definition) is 0. The van der Waals surface area contributed by atoms with Gasteiger partial charge in [-0.25, -0.2) is 0 Å². The molecule has 0 aliphatic heterocycles. The summed E-state index contributed by atoms with van der Waals surface area (Å²) in [6, 6.07) is 0. The molecule has 0 heteroatoms. The minimum Gasteiger partial charge on any atom is -0.0654 e. The van der Waals surface area contributed by atoms with E-state index >= 15 is 0 Å². The lowest BCUT2D eigenvalue weighted by Gasteiger charge is -2.45. The molecule has 1 fully saturated rings. The van der Waals surface area contributed by atoms with Crippen LogP contribution in [0.15, 0.2) is 0 Å². The van der Waals surface area contributed by atoms with Crippen LogP contribution in [-0.2, 0) is 0 Å². The van der Waals surface area contributed by atoms with Crippen molar-refractivity contribution in [2.75, 3.05) is 0 Å². The molecule has 0 radical (unpaired) electrons. The van der Waals surface area contributed by atoms with Gasteiger partial charge in [0.2, 0.25) is 0 Å². The molecule has 0 aromatic heterocycles. The second kappa shape index (κ2) is 3.81. The Labute approximate surface area is 77.7 Å². The van der Waals surface area contributed by atoms with Crippen molar-refractivity contribution in [1.82, 2.24) is 0 Å². The molecule has 0 N–H and O–H groups in total. The molecule has 2 atom stereocenters. The van der Waals surface area contributed by atoms with Gasteiger partial charge in [-0.1, -0.05) is 47.0 Å². The van der Waals surface area contributed by atoms with Crippen LogP contribution in [-0.4, -0.2) is 0 Å². The van der Waals surface area contributed by atoms with Gasteiger partial charge in [0, 0.05) is 0 Å². The van der Waals surface area contributed by atoms with Crippen LogP contribution in [0.5, 0.6) is 0 Å². The Hall–Kier alpha value is 0. The number of rotatable bonds is 3. The molecule has 72 valence electrons. The molecule has 12 heavy (non-hydrogen) atoms. The quantitative estimate of drug-likeness (QED) is 0.591. The summed E-state index contributed by atoms with van der Waals surface area (Å²) in [5.41, 5.74) is 0.566. The fraction of sp³-hybridized carbons (Fsp3) is 1.00. The Morgan fingerprint density at radius 3 is 2.17 bits per heavy atom. The highest BCUT2D eigenvalue weighted by atomic mass is 14.4. The highest BCUT2D eigenvalue weighted by Gasteiger charge is 2.38. The van der Waals surface area contributed by atoms with Crippen LogP contribution in [0.3, 0.4) is 0 Å². The van der Waals surface area contributed by atoms with E-state index in [1.807, 2.05) is 0 Å². The summed E-state index contributed by atoms with van der Waals surface area (Å²) >= 11 is 0. The van der Waals surface area contributed by atoms with Crippen LogP contribution in [0.1, 0.15) is 59.8 Å². The van der Waals surface area contributed by atoms with Crippen LogP contribution < -0.4 is 0 Å². The molecular weight excluding hydrogens is 144 g/mol. The standard InChI is InChI=1S/C12H24/c1-5-6-7-10-8-9-11(10)12(2,3)4/h10-11H,5-9H2,1-4H3. The normalized spacial score (nSPS) is 30.0. The van der Waals surface area contributed by atoms with Crippen LogP contribution in [0.2, 0.25) is 0 Å². The molecule has 0 nitrogen and oxygen atoms in total. The third kappa shape index (κ3) is 2.24. The molecule has 0 aromatic carbocycles. The third-order valence-corrected chi connectivity index (χ3v) is 3.46. The van der Waals surface area contributed by atoms with Crippen molar-refractivity contribution in [2.45, 2.75) is 59.8 Å². The van der Waals surface area contributed by atoms with Crippen molar-refractivity contribution < 1.29 is 0 Å². The predicted molar refractivity (Wildman–Crippen MR) is 55.2 cm³/mol. The van der Waals surface area contributed by atoms with Crippen molar-refractivity contribution in [3.63, 3.8) is 0 Å². The van der Waals surface area contributed by atoms with E-state index in [1.165, 1.54) is 32.1 Å². The van der Waals surface area contributed by atoms with E-state index in [2.05, 4.69) is 27.7 Å². The van der Waals surface area contributed by atoms with E-state index in [4.69, 9.17) is 0 Å². The van der Waals surface area contributed by atoms with Crippen LogP contribution in [0.25, 0.3) is 0 Å². The predicted octanol–water partition coefficient (Wildman–Crippen LogP) is 4.25. The van der Waals surface area contributed by atoms with Crippen molar-refractivity contribution in [3.8, 4) is 0 Å². The lowest BCUT2D eigenvalue weighted by Crippen LogP contribution is -2.36. The second-order valence-electron chi connectivity index (χ2n) is 5.45. The van der Waals surface area contributed by atoms with Gasteiger partial charge in [-0.2, -0.15) is 0 Å². The maximum absolute atomic E-state index is 2.40. The second-order valence-corrected chi connectivity index (χ2v) is 5.45. The largest absolute Gasteiger partial charge is 0.0654 e. The first kappa shape index (κ1) is 10.1. The SMILES string of the molecule is CCCCC1CCC1C(C)(C)C. The maximum atomic E-state index is 2.40. The molecule has 0 amide bonds. The van der Waals surface area contributed by atoms with E-state index in [0.717, 1.165) is 11.8 Å². The summed E-state index contributed by atoms with van der Waals surface area (Å²) in [7, 11) is 0. The maximum Gasteiger partial charge on any atom is -0.0337 e. The topological polar surface area (TPSA) is 0 Å². The zero-order chi connectivity index (χ0) is 9.19. The van der Waals surface area contributed by atoms with Crippen molar-refractivity contribution in [1.29, 1.82) is 0 Å². The Morgan fingerprint density at radius 2 is 1.83 bits per heavy atom. The molecule has 0 bridgehead atoms. The Kier molecular flexibility index (Phi) is 3.20. The Bertz CT molecular complexity index is 129. The first-order chi connectivity index (χ1) is 5.55. The Balaban J connectivity index is 2.29. The van der Waals surface area contributed by atoms with Gasteiger partial charge in [-0.05, 0) is 30.1 Å². The Morgan fingerprint density at radius 1 is 1.17 bits per heavy atom. The molecule has 1 saturated carbocycles. The summed E-state index contributed by atoms with van der Waals surface area (Å²) in [5, 5.41) is 0. The van der Waals surface area contributed by atoms with Gasteiger partial charge in [-0.15, -0.1) is 0 Å². The minimum absolute atomic E-state index is 0.566. The summed E-state index contributed by atoms with van der Waals surface area (Å²) in [6.07, 6.45) is 7.28. The summed E-state index contributed by atoms with van der Waals surface area (Å²) < 4.78 is 0. The molecule has 1 aliphatic rings. The van der Waals surface area contributed by atoms with Gasteiger partial charge >= 0.3 is 0 Å². The highest BCUT2D eigenvalue weighted by molar-refractivity contribution is 4.88. The zero-order valence-electron chi connectivity index (χ0n) is 9.19. The number of unbranched alkanes of at least 4 members (excludes halogenated alkanes) is 1. The fourth-order valence-electron chi connectivity index (χ4n) is 2.52. The summed E-state index contributed by atoms with van der Waals surface area (Å²) in [5.74, 6) is 2.08. The fourth-order valence-corrected chi connectivity index (χ4v) is 2.52. The summed E-state index contributed by atoms with van der Waals surface area (Å²) in [6.45, 7) is 9.49. The van der Waals surface area contributed by atoms with Crippen molar-refractivity contribution in [2.24, 2.45) is 17.3 Å². The molecule has 0 saturated heterocycles. The molecular formula is C12H24. The minimum atomic E-state index is 0.566. The van der Waals surface area contributed by atoms with Crippen LogP contribution >= 0.6 is 0 Å². The van der Waals surface area contributed by atoms with Gasteiger partial charge in [0.1, 0.15) is 0 Å². The molecule has 1 rings (SSSR count). The van der Waals surface area contributed by atoms with E-state index in [9.17, 15) is 0 Å². The molecule has 2 unspecified atom stereocenters. The van der Waals surface area contributed by atoms with Gasteiger partial charge in [-0.3, -0.25) is 0 Å². The van der Waals surface area contributed by atoms with Crippen LogP contribution in [0.4, 0.5) is 0 Å². The monoisotopic (exact) mass is 168 g/mol. The molecule has 1 aliphatic carbocycles. The van der Waals surface area contributed by atoms with E-state index in [1.54, 1.807) is 0 Å². The van der Waals surface area contributed by atoms with Gasteiger partial charge in [0.25, 0.3) is 0 Å². The van der Waals surface area contributed by atoms with Gasteiger partial charge < -0.3 is 0 Å². The third-order valence-electron chi connectivity index (χ3n) is 3.46. The average Bonchev–Trinajstić information content (AvgIpc) is 1.82. The summed E-state index contributed by atoms with van der Waals surface area (Å²) in [4.78, 5) is 0. The van der Waals surface area contributed by atoms with Gasteiger partial charge in [0.05, 0.1) is 0 Å². The molecule has 0 aromatic rings. The molecule has 0 spiro atoms. The van der Waals surface area contributed by atoms with Crippen molar-refractivity contribution in [3.05, 3.63) is 0 Å². The first-order valence-electron chi connectivity index (χ1n) is 5.55. The van der Waals surface area contributed by atoms with E-state index < -0.39 is 0 Å². The van der Waals surface area contributed by atoms with E-state index in [-0.39, 0.29) is 0 Å². The van der Waals surface area contributed by atoms with E-state index in [0.29, 0.717) is 5.41 Å². The smallest absolute Gasteiger partial charge is 0.0337 e. The number of hydrogen-bond acceptors (Lipinski definition) is 0.